The summed E-state index contributed by atoms with van der Waals surface area (Å²) in [6, 6.07) is 19.7. The lowest BCUT2D eigenvalue weighted by molar-refractivity contribution is 0.101. The van der Waals surface area contributed by atoms with E-state index in [-0.39, 0.29) is 24.7 Å². The van der Waals surface area contributed by atoms with Crippen LogP contribution in [0.2, 0.25) is 5.04 Å². The highest BCUT2D eigenvalue weighted by Gasteiger charge is 2.51. The smallest absolute Gasteiger partial charge is 0.264 e. The van der Waals surface area contributed by atoms with Crippen LogP contribution in [0.4, 0.5) is 0 Å². The monoisotopic (exact) mass is 500 g/mol. The van der Waals surface area contributed by atoms with E-state index in [1.54, 1.807) is 0 Å². The van der Waals surface area contributed by atoms with Crippen LogP contribution >= 0.6 is 0 Å². The van der Waals surface area contributed by atoms with E-state index in [4.69, 9.17) is 12.8 Å². The van der Waals surface area contributed by atoms with E-state index in [2.05, 4.69) is 20.8 Å². The highest BCUT2D eigenvalue weighted by atomic mass is 32.2. The summed E-state index contributed by atoms with van der Waals surface area (Å²) in [5.74, 6) is 0. The Hall–Kier alpha value is -1.56. The summed E-state index contributed by atoms with van der Waals surface area (Å²) in [5, 5.41) is 1.70. The van der Waals surface area contributed by atoms with Crippen LogP contribution in [-0.4, -0.2) is 57.0 Å². The van der Waals surface area contributed by atoms with Crippen LogP contribution in [0.3, 0.4) is 0 Å². The normalized spacial score (nSPS) is 14.3. The SMILES string of the molecule is CC(C)(C)[Si](O[C@H](CCOS(C)(=O)=O)COS(C)(=O)=O)(c1ccccc1)c1ccccc1. The van der Waals surface area contributed by atoms with Crippen molar-refractivity contribution in [2.75, 3.05) is 25.7 Å². The Labute approximate surface area is 193 Å². The molecule has 2 aromatic carbocycles. The maximum atomic E-state index is 11.7. The van der Waals surface area contributed by atoms with Gasteiger partial charge in [0.25, 0.3) is 28.6 Å². The van der Waals surface area contributed by atoms with Gasteiger partial charge in [-0.2, -0.15) is 16.8 Å². The van der Waals surface area contributed by atoms with Crippen LogP contribution < -0.4 is 10.4 Å². The van der Waals surface area contributed by atoms with E-state index >= 15 is 0 Å². The molecule has 0 unspecified atom stereocenters. The first kappa shape index (κ1) is 26.7. The Balaban J connectivity index is 2.55. The van der Waals surface area contributed by atoms with E-state index in [1.807, 2.05) is 60.7 Å². The van der Waals surface area contributed by atoms with Gasteiger partial charge in [0, 0.05) is 0 Å². The van der Waals surface area contributed by atoms with Gasteiger partial charge in [0.2, 0.25) is 0 Å². The molecule has 0 spiro atoms. The first-order chi connectivity index (χ1) is 14.7. The maximum absolute atomic E-state index is 11.7. The zero-order chi connectivity index (χ0) is 24.0. The van der Waals surface area contributed by atoms with Crippen molar-refractivity contribution in [2.45, 2.75) is 38.3 Å². The summed E-state index contributed by atoms with van der Waals surface area (Å²) in [5.41, 5.74) is 0. The third-order valence-electron chi connectivity index (χ3n) is 4.97. The fourth-order valence-electron chi connectivity index (χ4n) is 3.65. The molecule has 0 aromatic heterocycles. The van der Waals surface area contributed by atoms with Gasteiger partial charge in [0.05, 0.1) is 31.8 Å². The molecule has 0 aliphatic rings. The zero-order valence-corrected chi connectivity index (χ0v) is 21.8. The Morgan fingerprint density at radius 2 is 1.22 bits per heavy atom. The fourth-order valence-corrected chi connectivity index (χ4v) is 9.15. The van der Waals surface area contributed by atoms with Crippen molar-refractivity contribution in [1.82, 2.24) is 0 Å². The Morgan fingerprint density at radius 1 is 0.781 bits per heavy atom. The fraction of sp³-hybridized carbons (Fsp3) is 0.455. The molecule has 2 aromatic rings. The van der Waals surface area contributed by atoms with Crippen LogP contribution in [0, 0.1) is 0 Å². The van der Waals surface area contributed by atoms with Crippen LogP contribution in [0.5, 0.6) is 0 Å². The van der Waals surface area contributed by atoms with Gasteiger partial charge in [-0.25, -0.2) is 0 Å². The minimum absolute atomic E-state index is 0.144. The summed E-state index contributed by atoms with van der Waals surface area (Å²) in [4.78, 5) is 0. The molecule has 2 rings (SSSR count). The third-order valence-corrected chi connectivity index (χ3v) is 11.2. The van der Waals surface area contributed by atoms with E-state index in [0.29, 0.717) is 0 Å². The lowest BCUT2D eigenvalue weighted by Gasteiger charge is -2.45. The average molecular weight is 501 g/mol. The summed E-state index contributed by atoms with van der Waals surface area (Å²) < 4.78 is 63.1. The molecule has 7 nitrogen and oxygen atoms in total. The largest absolute Gasteiger partial charge is 0.402 e. The molecule has 0 saturated carbocycles. The molecule has 178 valence electrons. The molecule has 0 radical (unpaired) electrons. The average Bonchev–Trinajstić information content (AvgIpc) is 2.68. The van der Waals surface area contributed by atoms with E-state index < -0.39 is 34.7 Å². The van der Waals surface area contributed by atoms with Crippen LogP contribution in [-0.2, 0) is 33.0 Å². The van der Waals surface area contributed by atoms with Crippen LogP contribution in [0.15, 0.2) is 60.7 Å². The van der Waals surface area contributed by atoms with Gasteiger partial charge in [-0.15, -0.1) is 0 Å². The molecule has 0 amide bonds. The second kappa shape index (κ2) is 10.6. The van der Waals surface area contributed by atoms with Gasteiger partial charge in [-0.1, -0.05) is 81.4 Å². The zero-order valence-electron chi connectivity index (χ0n) is 19.1. The van der Waals surface area contributed by atoms with Crippen molar-refractivity contribution in [3.8, 4) is 0 Å². The Kier molecular flexibility index (Phi) is 8.82. The number of rotatable bonds is 11. The molecule has 0 aliphatic carbocycles. The van der Waals surface area contributed by atoms with Crippen molar-refractivity contribution < 1.29 is 29.6 Å². The third kappa shape index (κ3) is 7.50. The predicted octanol–water partition coefficient (Wildman–Crippen LogP) is 2.27. The van der Waals surface area contributed by atoms with E-state index in [9.17, 15) is 16.8 Å². The van der Waals surface area contributed by atoms with Gasteiger partial charge in [-0.3, -0.25) is 8.37 Å². The van der Waals surface area contributed by atoms with Gasteiger partial charge < -0.3 is 4.43 Å². The lowest BCUT2D eigenvalue weighted by atomic mass is 10.2. The summed E-state index contributed by atoms with van der Waals surface area (Å²) in [7, 11) is -10.3. The molecule has 0 saturated heterocycles. The molecule has 0 bridgehead atoms. The number of hydrogen-bond donors (Lipinski definition) is 0. The topological polar surface area (TPSA) is 96.0 Å². The predicted molar refractivity (Wildman–Crippen MR) is 129 cm³/mol. The van der Waals surface area contributed by atoms with E-state index in [0.717, 1.165) is 22.9 Å². The van der Waals surface area contributed by atoms with Gasteiger partial charge in [0.1, 0.15) is 0 Å². The molecular formula is C22H32O7S2Si. The second-order valence-corrected chi connectivity index (χ2v) is 16.2. The summed E-state index contributed by atoms with van der Waals surface area (Å²) in [6.45, 7) is 5.91. The molecule has 0 N–H and O–H groups in total. The number of hydrogen-bond acceptors (Lipinski definition) is 7. The van der Waals surface area contributed by atoms with Crippen molar-refractivity contribution in [2.24, 2.45) is 0 Å². The highest BCUT2D eigenvalue weighted by molar-refractivity contribution is 7.86. The second-order valence-electron chi connectivity index (χ2n) is 8.71. The highest BCUT2D eigenvalue weighted by Crippen LogP contribution is 2.37. The van der Waals surface area contributed by atoms with Gasteiger partial charge >= 0.3 is 0 Å². The summed E-state index contributed by atoms with van der Waals surface area (Å²) in [6.07, 6.45) is 1.38. The molecule has 1 atom stereocenters. The molecular weight excluding hydrogens is 468 g/mol. The molecule has 0 aliphatic heterocycles. The van der Waals surface area contributed by atoms with Crippen LogP contribution in [0.25, 0.3) is 0 Å². The minimum atomic E-state index is -3.72. The first-order valence-electron chi connectivity index (χ1n) is 10.2. The summed E-state index contributed by atoms with van der Waals surface area (Å²) >= 11 is 0. The standard InChI is InChI=1S/C22H32O7S2Si/c1-22(2,3)32(20-12-8-6-9-13-20,21-14-10-7-11-15-21)29-19(18-28-31(5,25)26)16-17-27-30(4,23)24/h6-15,19H,16-18H2,1-5H3/t19-/m1/s1. The number of benzene rings is 2. The molecule has 10 heteroatoms. The first-order valence-corrected chi connectivity index (χ1v) is 15.8. The van der Waals surface area contributed by atoms with Crippen LogP contribution in [0.1, 0.15) is 27.2 Å². The minimum Gasteiger partial charge on any atom is -0.402 e. The maximum Gasteiger partial charge on any atom is 0.264 e. The lowest BCUT2D eigenvalue weighted by Crippen LogP contribution is -2.68. The van der Waals surface area contributed by atoms with Crippen molar-refractivity contribution in [3.05, 3.63) is 60.7 Å². The van der Waals surface area contributed by atoms with Crippen molar-refractivity contribution in [3.63, 3.8) is 0 Å². The molecule has 0 fully saturated rings. The van der Waals surface area contributed by atoms with Crippen molar-refractivity contribution in [1.29, 1.82) is 0 Å². The van der Waals surface area contributed by atoms with Gasteiger partial charge in [-0.05, 0) is 21.8 Å². The van der Waals surface area contributed by atoms with Crippen molar-refractivity contribution >= 4 is 38.9 Å². The molecule has 0 heterocycles. The molecule has 32 heavy (non-hydrogen) atoms. The van der Waals surface area contributed by atoms with E-state index in [1.165, 1.54) is 0 Å². The quantitative estimate of drug-likeness (QED) is 0.345. The van der Waals surface area contributed by atoms with Gasteiger partial charge in [0.15, 0.2) is 0 Å². The Morgan fingerprint density at radius 3 is 1.59 bits per heavy atom. The Bertz CT molecular complexity index is 1020.